The number of carbonyl (C=O) groups is 3. The molecule has 0 amide bonds. The van der Waals surface area contributed by atoms with Crippen molar-refractivity contribution in [2.45, 2.75) is 360 Å². The van der Waals surface area contributed by atoms with Gasteiger partial charge in [-0.1, -0.05) is 363 Å². The van der Waals surface area contributed by atoms with Crippen LogP contribution in [0.1, 0.15) is 342 Å². The third-order valence-electron chi connectivity index (χ3n) is 18.3. The summed E-state index contributed by atoms with van der Waals surface area (Å²) in [5.74, 6) is -1.68. The van der Waals surface area contributed by atoms with E-state index >= 15 is 0 Å². The molecule has 0 aromatic carbocycles. The number of unbranched alkanes of at least 4 members (excludes halogenated alkanes) is 28. The van der Waals surface area contributed by atoms with E-state index in [0.717, 1.165) is 148 Å². The first kappa shape index (κ1) is 109. The summed E-state index contributed by atoms with van der Waals surface area (Å²) in [6.45, 7) is 2.35. The van der Waals surface area contributed by atoms with Crippen LogP contribution in [0.5, 0.6) is 0 Å². The highest BCUT2D eigenvalue weighted by Crippen LogP contribution is 2.45. The van der Waals surface area contributed by atoms with Crippen molar-refractivity contribution in [3.05, 3.63) is 194 Å². The molecule has 4 N–H and O–H groups in total. The molecule has 0 saturated heterocycles. The number of esters is 3. The van der Waals surface area contributed by atoms with Gasteiger partial charge in [-0.25, -0.2) is 9.13 Å². The second kappa shape index (κ2) is 87.7. The molecule has 0 saturated carbocycles. The average Bonchev–Trinajstić information content (AvgIpc) is 0.902. The molecule has 0 aromatic heterocycles. The molecule has 0 aliphatic heterocycles. The summed E-state index contributed by atoms with van der Waals surface area (Å²) >= 11 is 0. The summed E-state index contributed by atoms with van der Waals surface area (Å²) in [6.07, 6.45) is 116. The Morgan fingerprint density at radius 3 is 0.765 bits per heavy atom. The lowest BCUT2D eigenvalue weighted by atomic mass is 10.0. The molecule has 0 fully saturated rings. The highest BCUT2D eigenvalue weighted by atomic mass is 31.2. The van der Waals surface area contributed by atoms with Crippen LogP contribution in [0.4, 0.5) is 0 Å². The molecule has 0 radical (unpaired) electrons. The standard InChI is InChI=1S/C97H160O16P2/c1-4-7-10-13-16-19-22-25-28-31-34-36-38-40-42-43-44-45-46-47-49-51-52-54-57-59-62-65-68-71-74-77-80-83-95(100)107-86-92(98)87-109-114(103,104)110-88-93(99)89-111-115(105,106)112-91-94(113-97(102)85-82-79-76-73-70-67-64-61-56-33-30-27-24-21-18-15-12-9-6-3)90-108-96(101)84-81-78-75-72-69-66-63-60-58-55-53-50-48-41-39-37-35-32-29-26-23-20-17-14-11-8-5-2/h7,9-10,12,16-21,25-30,34-37,40-42,44-45,48,56,61,67,70,76,79,92-94,98-99H,4-6,8,11,13-15,22-24,31-33,38-39,43,46-47,49-55,57-60,62-66,68-69,71-75,77-78,80-91H2,1-3H3,(H,103,104)(H,105,106)/b10-7-,12-9-,19-16-,20-17-,21-18-,28-25-,29-26-,30-27-,36-34-,37-35-,42-40-,45-44-,48-41-,61-56-,70-67-,79-76-. The molecule has 5 unspecified atom stereocenters. The smallest absolute Gasteiger partial charge is 0.463 e. The largest absolute Gasteiger partial charge is 0.472 e. The van der Waals surface area contributed by atoms with E-state index in [-0.39, 0.29) is 19.3 Å². The van der Waals surface area contributed by atoms with Gasteiger partial charge < -0.3 is 34.2 Å². The number of hydrogen-bond donors (Lipinski definition) is 4. The molecule has 0 rings (SSSR count). The van der Waals surface area contributed by atoms with Gasteiger partial charge in [0.05, 0.1) is 26.4 Å². The van der Waals surface area contributed by atoms with Crippen molar-refractivity contribution in [2.75, 3.05) is 39.6 Å². The molecule has 0 aliphatic rings. The minimum absolute atomic E-state index is 0.0270. The number of hydrogen-bond acceptors (Lipinski definition) is 14. The molecule has 654 valence electrons. The number of ether oxygens (including phenoxy) is 3. The minimum Gasteiger partial charge on any atom is -0.463 e. The number of aliphatic hydroxyl groups is 2. The van der Waals surface area contributed by atoms with Gasteiger partial charge in [-0.3, -0.25) is 32.5 Å². The molecule has 0 aromatic rings. The topological polar surface area (TPSA) is 231 Å². The van der Waals surface area contributed by atoms with E-state index in [1.165, 1.54) is 128 Å². The van der Waals surface area contributed by atoms with Crippen LogP contribution < -0.4 is 0 Å². The number of allylic oxidation sites excluding steroid dienone is 32. The van der Waals surface area contributed by atoms with Gasteiger partial charge in [0.2, 0.25) is 0 Å². The number of carbonyl (C=O) groups excluding carboxylic acids is 3. The Kier molecular flexibility index (Phi) is 83.4. The quantitative estimate of drug-likeness (QED) is 0.0146. The van der Waals surface area contributed by atoms with Crippen LogP contribution >= 0.6 is 15.6 Å². The summed E-state index contributed by atoms with van der Waals surface area (Å²) in [4.78, 5) is 58.9. The zero-order valence-electron chi connectivity index (χ0n) is 71.9. The van der Waals surface area contributed by atoms with Gasteiger partial charge in [-0.05, 0) is 154 Å². The van der Waals surface area contributed by atoms with E-state index in [0.29, 0.717) is 25.7 Å². The maximum absolute atomic E-state index is 13.0. The fraction of sp³-hybridized carbons (Fsp3) is 0.639. The highest BCUT2D eigenvalue weighted by molar-refractivity contribution is 7.47. The lowest BCUT2D eigenvalue weighted by Crippen LogP contribution is -2.29. The summed E-state index contributed by atoms with van der Waals surface area (Å²) in [7, 11) is -9.84. The van der Waals surface area contributed by atoms with Gasteiger partial charge in [0.25, 0.3) is 0 Å². The second-order valence-corrected chi connectivity index (χ2v) is 32.2. The van der Waals surface area contributed by atoms with Crippen LogP contribution in [-0.4, -0.2) is 95.9 Å². The fourth-order valence-electron chi connectivity index (χ4n) is 11.6. The molecule has 16 nitrogen and oxygen atoms in total. The van der Waals surface area contributed by atoms with Crippen LogP contribution in [0.2, 0.25) is 0 Å². The summed E-state index contributed by atoms with van der Waals surface area (Å²) in [5, 5.41) is 20.7. The summed E-state index contributed by atoms with van der Waals surface area (Å²) in [5.41, 5.74) is 0. The molecule has 0 heterocycles. The number of phosphoric acid groups is 2. The molecule has 0 bridgehead atoms. The monoisotopic (exact) mass is 1640 g/mol. The van der Waals surface area contributed by atoms with E-state index in [1.54, 1.807) is 0 Å². The number of phosphoric ester groups is 2. The molecule has 0 aliphatic carbocycles. The van der Waals surface area contributed by atoms with Crippen molar-refractivity contribution in [3.8, 4) is 0 Å². The summed E-state index contributed by atoms with van der Waals surface area (Å²) < 4.78 is 61.3. The Balaban J connectivity index is 4.60. The third-order valence-corrected chi connectivity index (χ3v) is 20.2. The van der Waals surface area contributed by atoms with Gasteiger partial charge in [0, 0.05) is 19.3 Å². The van der Waals surface area contributed by atoms with E-state index < -0.39 is 91.5 Å². The van der Waals surface area contributed by atoms with Gasteiger partial charge in [-0.15, -0.1) is 0 Å². The van der Waals surface area contributed by atoms with Crippen LogP contribution in [0.25, 0.3) is 0 Å². The lowest BCUT2D eigenvalue weighted by molar-refractivity contribution is -0.161. The van der Waals surface area contributed by atoms with Crippen molar-refractivity contribution >= 4 is 33.6 Å². The first-order valence-corrected chi connectivity index (χ1v) is 47.7. The Morgan fingerprint density at radius 2 is 0.478 bits per heavy atom. The first-order chi connectivity index (χ1) is 56.2. The van der Waals surface area contributed by atoms with Crippen molar-refractivity contribution in [1.29, 1.82) is 0 Å². The van der Waals surface area contributed by atoms with Crippen molar-refractivity contribution in [2.24, 2.45) is 0 Å². The van der Waals surface area contributed by atoms with Gasteiger partial charge in [-0.2, -0.15) is 0 Å². The molecule has 115 heavy (non-hydrogen) atoms. The molecular weight excluding hydrogens is 1480 g/mol. The Labute approximate surface area is 699 Å². The van der Waals surface area contributed by atoms with Gasteiger partial charge >= 0.3 is 33.6 Å². The predicted octanol–water partition coefficient (Wildman–Crippen LogP) is 27.4. The van der Waals surface area contributed by atoms with E-state index in [2.05, 4.69) is 197 Å². The molecule has 5 atom stereocenters. The Bertz CT molecular complexity index is 2870. The SMILES string of the molecule is CC/C=C\C/C=C\C/C=C\C/C=C\C/C=C\C/C=C\CCCCCCCCCCCCCCCCC(=O)OCC(O)COP(=O)(O)OCC(O)COP(=O)(O)OCC(COC(=O)CCCCCCCCCCCCC/C=C\C/C=C\C/C=C\C/C=C\CCCCC)OC(=O)CC/C=C\C/C=C\C/C=C\C/C=C\C/C=C\C/C=C\CC. The molecule has 18 heteroatoms. The Hall–Kier alpha value is -5.61. The fourth-order valence-corrected chi connectivity index (χ4v) is 13.2. The van der Waals surface area contributed by atoms with Crippen LogP contribution in [0.3, 0.4) is 0 Å². The minimum atomic E-state index is -4.97. The average molecular weight is 1640 g/mol. The normalized spacial score (nSPS) is 14.7. The molecule has 0 spiro atoms. The maximum Gasteiger partial charge on any atom is 0.472 e. The molecular formula is C97H160O16P2. The maximum atomic E-state index is 13.0. The van der Waals surface area contributed by atoms with Gasteiger partial charge in [0.1, 0.15) is 25.4 Å². The van der Waals surface area contributed by atoms with E-state index in [1.807, 2.05) is 18.2 Å². The predicted molar refractivity (Wildman–Crippen MR) is 481 cm³/mol. The third kappa shape index (κ3) is 89.0. The van der Waals surface area contributed by atoms with Gasteiger partial charge in [0.15, 0.2) is 6.10 Å². The number of aliphatic hydroxyl groups excluding tert-OH is 2. The Morgan fingerprint density at radius 1 is 0.252 bits per heavy atom. The second-order valence-electron chi connectivity index (χ2n) is 29.3. The van der Waals surface area contributed by atoms with Crippen molar-refractivity contribution in [1.82, 2.24) is 0 Å². The summed E-state index contributed by atoms with van der Waals surface area (Å²) in [6, 6.07) is 0. The van der Waals surface area contributed by atoms with Crippen LogP contribution in [0, 0.1) is 0 Å². The van der Waals surface area contributed by atoms with Crippen LogP contribution in [0.15, 0.2) is 194 Å². The zero-order chi connectivity index (χ0) is 83.6. The van der Waals surface area contributed by atoms with E-state index in [4.69, 9.17) is 32.3 Å². The zero-order valence-corrected chi connectivity index (χ0v) is 73.7. The number of rotatable bonds is 83. The first-order valence-electron chi connectivity index (χ1n) is 44.7. The van der Waals surface area contributed by atoms with Crippen LogP contribution in [-0.2, 0) is 55.8 Å². The lowest BCUT2D eigenvalue weighted by Gasteiger charge is -2.21. The van der Waals surface area contributed by atoms with Crippen molar-refractivity contribution < 1.29 is 75.8 Å². The highest BCUT2D eigenvalue weighted by Gasteiger charge is 2.29. The van der Waals surface area contributed by atoms with Crippen molar-refractivity contribution in [3.63, 3.8) is 0 Å². The van der Waals surface area contributed by atoms with E-state index in [9.17, 15) is 43.5 Å².